The predicted molar refractivity (Wildman–Crippen MR) is 98.9 cm³/mol. The molecule has 0 spiro atoms. The molecule has 0 fully saturated rings. The molecule has 0 radical (unpaired) electrons. The van der Waals surface area contributed by atoms with E-state index in [0.717, 1.165) is 28.0 Å². The second-order valence-electron chi connectivity index (χ2n) is 5.11. The maximum Gasteiger partial charge on any atom is 0.228 e. The molecule has 0 aliphatic rings. The van der Waals surface area contributed by atoms with Crippen molar-refractivity contribution in [1.29, 1.82) is 0 Å². The smallest absolute Gasteiger partial charge is 0.228 e. The molecule has 0 N–H and O–H groups in total. The van der Waals surface area contributed by atoms with Crippen molar-refractivity contribution in [2.45, 2.75) is 20.5 Å². The molecule has 2 aromatic rings. The molecule has 0 atom stereocenters. The van der Waals surface area contributed by atoms with Gasteiger partial charge >= 0.3 is 0 Å². The van der Waals surface area contributed by atoms with Crippen LogP contribution >= 0.6 is 27.5 Å². The van der Waals surface area contributed by atoms with E-state index >= 15 is 0 Å². The summed E-state index contributed by atoms with van der Waals surface area (Å²) in [4.78, 5) is 10.9. The van der Waals surface area contributed by atoms with Gasteiger partial charge in [0.2, 0.25) is 5.88 Å². The molecular weight excluding hydrogens is 378 g/mol. The average molecular weight is 397 g/mol. The van der Waals surface area contributed by atoms with Gasteiger partial charge in [0.15, 0.2) is 0 Å². The summed E-state index contributed by atoms with van der Waals surface area (Å²) < 4.78 is 6.56. The van der Waals surface area contributed by atoms with Crippen molar-refractivity contribution < 1.29 is 4.74 Å². The lowest BCUT2D eigenvalue weighted by Gasteiger charge is -2.11. The van der Waals surface area contributed by atoms with Gasteiger partial charge in [-0.25, -0.2) is 9.98 Å². The first-order chi connectivity index (χ1) is 11.0. The highest BCUT2D eigenvalue weighted by Crippen LogP contribution is 2.30. The Labute approximate surface area is 150 Å². The van der Waals surface area contributed by atoms with Gasteiger partial charge in [0.1, 0.15) is 6.61 Å². The molecule has 0 aliphatic heterocycles. The average Bonchev–Trinajstić information content (AvgIpc) is 2.55. The van der Waals surface area contributed by atoms with Crippen molar-refractivity contribution in [1.82, 2.24) is 9.88 Å². The number of hydrogen-bond acceptors (Lipinski definition) is 3. The van der Waals surface area contributed by atoms with Crippen molar-refractivity contribution in [3.8, 4) is 5.88 Å². The Morgan fingerprint density at radius 3 is 2.70 bits per heavy atom. The molecule has 0 aliphatic carbocycles. The Bertz CT molecular complexity index is 689. The van der Waals surface area contributed by atoms with Gasteiger partial charge < -0.3 is 9.64 Å². The number of ether oxygens (including phenoxy) is 1. The van der Waals surface area contributed by atoms with E-state index in [1.165, 1.54) is 0 Å². The Morgan fingerprint density at radius 1 is 1.35 bits per heavy atom. The van der Waals surface area contributed by atoms with Gasteiger partial charge in [-0.05, 0) is 53.5 Å². The summed E-state index contributed by atoms with van der Waals surface area (Å²) in [7, 11) is 1.98. The van der Waals surface area contributed by atoms with Crippen LogP contribution < -0.4 is 4.74 Å². The number of aryl methyl sites for hydroxylation is 1. The number of hydrogen-bond donors (Lipinski definition) is 0. The SMILES string of the molecule is CCN(C)C=Nc1cc(Br)c(OCc2ccc(Cl)cc2)nc1C. The van der Waals surface area contributed by atoms with Crippen LogP contribution in [0.5, 0.6) is 5.88 Å². The molecule has 0 unspecified atom stereocenters. The standard InChI is InChI=1S/C17H19BrClN3O/c1-4-22(3)11-20-16-9-15(18)17(21-12(16)2)23-10-13-5-7-14(19)8-6-13/h5-9,11H,4,10H2,1-3H3. The summed E-state index contributed by atoms with van der Waals surface area (Å²) in [5.74, 6) is 0.556. The lowest BCUT2D eigenvalue weighted by Crippen LogP contribution is -2.14. The van der Waals surface area contributed by atoms with Crippen LogP contribution in [0.1, 0.15) is 18.2 Å². The van der Waals surface area contributed by atoms with Crippen LogP contribution in [-0.4, -0.2) is 29.8 Å². The number of aromatic nitrogens is 1. The number of aliphatic imine (C=N–C) groups is 1. The molecule has 0 amide bonds. The van der Waals surface area contributed by atoms with E-state index in [1.54, 1.807) is 6.34 Å². The van der Waals surface area contributed by atoms with Gasteiger partial charge in [-0.1, -0.05) is 23.7 Å². The highest BCUT2D eigenvalue weighted by atomic mass is 79.9. The number of nitrogens with zero attached hydrogens (tertiary/aromatic N) is 3. The summed E-state index contributed by atoms with van der Waals surface area (Å²) in [6.45, 7) is 5.32. The molecule has 1 aromatic heterocycles. The molecule has 2 rings (SSSR count). The van der Waals surface area contributed by atoms with Crippen LogP contribution in [0, 0.1) is 6.92 Å². The molecule has 1 heterocycles. The summed E-state index contributed by atoms with van der Waals surface area (Å²) in [5.41, 5.74) is 2.67. The van der Waals surface area contributed by atoms with Crippen molar-refractivity contribution >= 4 is 39.6 Å². The van der Waals surface area contributed by atoms with Crippen LogP contribution in [0.2, 0.25) is 5.02 Å². The normalized spacial score (nSPS) is 11.0. The first-order valence-corrected chi connectivity index (χ1v) is 8.45. The van der Waals surface area contributed by atoms with E-state index in [4.69, 9.17) is 16.3 Å². The maximum absolute atomic E-state index is 5.88. The van der Waals surface area contributed by atoms with Crippen LogP contribution in [0.25, 0.3) is 0 Å². The van der Waals surface area contributed by atoms with E-state index in [1.807, 2.05) is 49.2 Å². The quantitative estimate of drug-likeness (QED) is 0.509. The van der Waals surface area contributed by atoms with E-state index in [-0.39, 0.29) is 0 Å². The Balaban J connectivity index is 2.10. The van der Waals surface area contributed by atoms with Crippen LogP contribution in [-0.2, 0) is 6.61 Å². The zero-order valence-electron chi connectivity index (χ0n) is 13.4. The van der Waals surface area contributed by atoms with Gasteiger partial charge in [-0.3, -0.25) is 0 Å². The summed E-state index contributed by atoms with van der Waals surface area (Å²) >= 11 is 9.37. The number of rotatable bonds is 6. The van der Waals surface area contributed by atoms with E-state index in [0.29, 0.717) is 17.5 Å². The Kier molecular flexibility index (Phi) is 6.42. The van der Waals surface area contributed by atoms with Crippen molar-refractivity contribution in [3.05, 3.63) is 51.1 Å². The van der Waals surface area contributed by atoms with Crippen molar-refractivity contribution in [2.75, 3.05) is 13.6 Å². The van der Waals surface area contributed by atoms with Gasteiger partial charge in [0.25, 0.3) is 0 Å². The van der Waals surface area contributed by atoms with Crippen LogP contribution in [0.3, 0.4) is 0 Å². The van der Waals surface area contributed by atoms with Gasteiger partial charge in [-0.15, -0.1) is 0 Å². The molecule has 0 bridgehead atoms. The van der Waals surface area contributed by atoms with Gasteiger partial charge in [-0.2, -0.15) is 0 Å². The summed E-state index contributed by atoms with van der Waals surface area (Å²) in [5, 5.41) is 0.711. The topological polar surface area (TPSA) is 37.7 Å². The van der Waals surface area contributed by atoms with Crippen LogP contribution in [0.15, 0.2) is 39.8 Å². The summed E-state index contributed by atoms with van der Waals surface area (Å²) in [6, 6.07) is 9.47. The highest BCUT2D eigenvalue weighted by molar-refractivity contribution is 9.10. The maximum atomic E-state index is 5.88. The highest BCUT2D eigenvalue weighted by Gasteiger charge is 2.08. The molecule has 0 saturated heterocycles. The predicted octanol–water partition coefficient (Wildman–Crippen LogP) is 5.00. The fraction of sp³-hybridized carbons (Fsp3) is 0.294. The third-order valence-electron chi connectivity index (χ3n) is 3.29. The lowest BCUT2D eigenvalue weighted by molar-refractivity contribution is 0.291. The fourth-order valence-electron chi connectivity index (χ4n) is 1.76. The second-order valence-corrected chi connectivity index (χ2v) is 6.40. The monoisotopic (exact) mass is 395 g/mol. The molecule has 6 heteroatoms. The third-order valence-corrected chi connectivity index (χ3v) is 4.11. The van der Waals surface area contributed by atoms with E-state index in [2.05, 4.69) is 32.8 Å². The van der Waals surface area contributed by atoms with Crippen molar-refractivity contribution in [3.63, 3.8) is 0 Å². The first kappa shape index (κ1) is 17.8. The second kappa shape index (κ2) is 8.31. The van der Waals surface area contributed by atoms with E-state index < -0.39 is 0 Å². The minimum Gasteiger partial charge on any atom is -0.472 e. The molecular formula is C17H19BrClN3O. The largest absolute Gasteiger partial charge is 0.472 e. The lowest BCUT2D eigenvalue weighted by atomic mass is 10.2. The molecule has 122 valence electrons. The molecule has 1 aromatic carbocycles. The number of halogens is 2. The number of pyridine rings is 1. The summed E-state index contributed by atoms with van der Waals surface area (Å²) in [6.07, 6.45) is 1.80. The van der Waals surface area contributed by atoms with Gasteiger partial charge in [0.05, 0.1) is 22.2 Å². The zero-order chi connectivity index (χ0) is 16.8. The molecule has 4 nitrogen and oxygen atoms in total. The minimum atomic E-state index is 0.434. The first-order valence-electron chi connectivity index (χ1n) is 7.28. The minimum absolute atomic E-state index is 0.434. The van der Waals surface area contributed by atoms with Crippen LogP contribution in [0.4, 0.5) is 5.69 Å². The number of benzene rings is 1. The molecule has 23 heavy (non-hydrogen) atoms. The van der Waals surface area contributed by atoms with Crippen molar-refractivity contribution in [2.24, 2.45) is 4.99 Å². The molecule has 0 saturated carbocycles. The van der Waals surface area contributed by atoms with Gasteiger partial charge in [0, 0.05) is 18.6 Å². The Morgan fingerprint density at radius 2 is 2.04 bits per heavy atom. The third kappa shape index (κ3) is 5.22. The van der Waals surface area contributed by atoms with E-state index in [9.17, 15) is 0 Å². The zero-order valence-corrected chi connectivity index (χ0v) is 15.7. The fourth-order valence-corrected chi connectivity index (χ4v) is 2.30. The Hall–Kier alpha value is -1.59.